The van der Waals surface area contributed by atoms with Crippen molar-refractivity contribution in [1.29, 1.82) is 0 Å². The second kappa shape index (κ2) is 10.4. The SMILES string of the molecule is O=C(Nc1ccc(NS(=O)(=O)c2ccc(Cl)c(C(=O)Nc3ccccc3)c2)cc1)c1ccccc1. The van der Waals surface area contributed by atoms with E-state index >= 15 is 0 Å². The summed E-state index contributed by atoms with van der Waals surface area (Å²) in [5.74, 6) is -0.807. The fourth-order valence-electron chi connectivity index (χ4n) is 3.19. The van der Waals surface area contributed by atoms with Crippen LogP contribution in [0.2, 0.25) is 5.02 Å². The number of rotatable bonds is 7. The van der Waals surface area contributed by atoms with Crippen LogP contribution < -0.4 is 15.4 Å². The number of sulfonamides is 1. The Morgan fingerprint density at radius 1 is 0.629 bits per heavy atom. The third kappa shape index (κ3) is 6.06. The first-order chi connectivity index (χ1) is 16.8. The first kappa shape index (κ1) is 24.0. The smallest absolute Gasteiger partial charge is 0.261 e. The van der Waals surface area contributed by atoms with Crippen molar-refractivity contribution in [2.45, 2.75) is 4.90 Å². The van der Waals surface area contributed by atoms with Crippen LogP contribution in [0.4, 0.5) is 17.1 Å². The van der Waals surface area contributed by atoms with Gasteiger partial charge in [0.25, 0.3) is 21.8 Å². The van der Waals surface area contributed by atoms with Crippen molar-refractivity contribution in [2.24, 2.45) is 0 Å². The molecule has 3 N–H and O–H groups in total. The minimum atomic E-state index is -4.01. The zero-order valence-electron chi connectivity index (χ0n) is 18.2. The van der Waals surface area contributed by atoms with Gasteiger partial charge in [-0.05, 0) is 66.7 Å². The molecule has 0 aliphatic rings. The Hall–Kier alpha value is -4.14. The molecule has 0 unspecified atom stereocenters. The molecule has 9 heteroatoms. The highest BCUT2D eigenvalue weighted by atomic mass is 35.5. The van der Waals surface area contributed by atoms with Gasteiger partial charge < -0.3 is 10.6 Å². The minimum Gasteiger partial charge on any atom is -0.322 e. The van der Waals surface area contributed by atoms with E-state index in [-0.39, 0.29) is 27.1 Å². The number of carbonyl (C=O) groups is 2. The molecule has 0 aliphatic carbocycles. The van der Waals surface area contributed by atoms with Crippen molar-refractivity contribution in [1.82, 2.24) is 0 Å². The number of benzene rings is 4. The van der Waals surface area contributed by atoms with Crippen molar-refractivity contribution in [2.75, 3.05) is 15.4 Å². The summed E-state index contributed by atoms with van der Waals surface area (Å²) in [6, 6.07) is 27.6. The van der Waals surface area contributed by atoms with Crippen LogP contribution in [-0.4, -0.2) is 20.2 Å². The van der Waals surface area contributed by atoms with Crippen LogP contribution in [0, 0.1) is 0 Å². The number of anilines is 3. The molecular formula is C26H20ClN3O4S. The fourth-order valence-corrected chi connectivity index (χ4v) is 4.48. The van der Waals surface area contributed by atoms with Crippen molar-refractivity contribution < 1.29 is 18.0 Å². The van der Waals surface area contributed by atoms with Gasteiger partial charge in [-0.3, -0.25) is 14.3 Å². The number of amides is 2. The zero-order valence-corrected chi connectivity index (χ0v) is 19.8. The lowest BCUT2D eigenvalue weighted by atomic mass is 10.2. The highest BCUT2D eigenvalue weighted by Gasteiger charge is 2.19. The second-order valence-electron chi connectivity index (χ2n) is 7.46. The summed E-state index contributed by atoms with van der Waals surface area (Å²) in [6.07, 6.45) is 0. The molecule has 7 nitrogen and oxygen atoms in total. The molecule has 4 aromatic rings. The summed E-state index contributed by atoms with van der Waals surface area (Å²) < 4.78 is 28.3. The van der Waals surface area contributed by atoms with Crippen molar-refractivity contribution >= 4 is 50.5 Å². The minimum absolute atomic E-state index is 0.0253. The van der Waals surface area contributed by atoms with Gasteiger partial charge >= 0.3 is 0 Å². The third-order valence-corrected chi connectivity index (χ3v) is 6.66. The maximum absolute atomic E-state index is 12.9. The Kier molecular flexibility index (Phi) is 7.14. The van der Waals surface area contributed by atoms with E-state index in [1.807, 2.05) is 12.1 Å². The highest BCUT2D eigenvalue weighted by molar-refractivity contribution is 7.92. The van der Waals surface area contributed by atoms with Gasteiger partial charge in [-0.25, -0.2) is 8.42 Å². The van der Waals surface area contributed by atoms with Gasteiger partial charge in [0.2, 0.25) is 0 Å². The lowest BCUT2D eigenvalue weighted by Gasteiger charge is -2.12. The molecule has 0 bridgehead atoms. The number of hydrogen-bond donors (Lipinski definition) is 3. The van der Waals surface area contributed by atoms with E-state index < -0.39 is 15.9 Å². The van der Waals surface area contributed by atoms with Gasteiger partial charge in [-0.2, -0.15) is 0 Å². The maximum Gasteiger partial charge on any atom is 0.261 e. The molecule has 0 saturated heterocycles. The number of carbonyl (C=O) groups excluding carboxylic acids is 2. The molecule has 0 spiro atoms. The summed E-state index contributed by atoms with van der Waals surface area (Å²) in [7, 11) is -4.01. The average Bonchev–Trinajstić information content (AvgIpc) is 2.86. The third-order valence-electron chi connectivity index (χ3n) is 4.96. The molecule has 176 valence electrons. The Labute approximate surface area is 207 Å². The molecule has 2 amide bonds. The molecule has 35 heavy (non-hydrogen) atoms. The van der Waals surface area contributed by atoms with Crippen LogP contribution in [0.3, 0.4) is 0 Å². The van der Waals surface area contributed by atoms with Crippen LogP contribution >= 0.6 is 11.6 Å². The van der Waals surface area contributed by atoms with Crippen LogP contribution in [0.1, 0.15) is 20.7 Å². The summed E-state index contributed by atoms with van der Waals surface area (Å²) in [4.78, 5) is 24.8. The Bertz CT molecular complexity index is 1460. The summed E-state index contributed by atoms with van der Waals surface area (Å²) in [6.45, 7) is 0. The highest BCUT2D eigenvalue weighted by Crippen LogP contribution is 2.24. The molecule has 0 atom stereocenters. The quantitative estimate of drug-likeness (QED) is 0.302. The van der Waals surface area contributed by atoms with Crippen molar-refractivity contribution in [3.8, 4) is 0 Å². The van der Waals surface area contributed by atoms with Gasteiger partial charge in [-0.1, -0.05) is 48.0 Å². The lowest BCUT2D eigenvalue weighted by Crippen LogP contribution is -2.16. The predicted octanol–water partition coefficient (Wildman–Crippen LogP) is 5.65. The summed E-state index contributed by atoms with van der Waals surface area (Å²) in [5, 5.41) is 5.56. The van der Waals surface area contributed by atoms with E-state index in [0.29, 0.717) is 16.9 Å². The largest absolute Gasteiger partial charge is 0.322 e. The fraction of sp³-hybridized carbons (Fsp3) is 0. The predicted molar refractivity (Wildman–Crippen MR) is 137 cm³/mol. The summed E-state index contributed by atoms with van der Waals surface area (Å²) >= 11 is 6.16. The molecule has 0 saturated carbocycles. The van der Waals surface area contributed by atoms with Crippen LogP contribution in [0.15, 0.2) is 108 Å². The normalized spacial score (nSPS) is 10.9. The monoisotopic (exact) mass is 505 g/mol. The first-order valence-corrected chi connectivity index (χ1v) is 12.3. The second-order valence-corrected chi connectivity index (χ2v) is 9.55. The Balaban J connectivity index is 1.47. The maximum atomic E-state index is 12.9. The van der Waals surface area contributed by atoms with E-state index in [4.69, 9.17) is 11.6 Å². The van der Waals surface area contributed by atoms with Crippen LogP contribution in [0.25, 0.3) is 0 Å². The molecular weight excluding hydrogens is 486 g/mol. The molecule has 0 aromatic heterocycles. The molecule has 0 fully saturated rings. The van der Waals surface area contributed by atoms with Crippen LogP contribution in [-0.2, 0) is 10.0 Å². The molecule has 0 aliphatic heterocycles. The molecule has 4 rings (SSSR count). The van der Waals surface area contributed by atoms with E-state index in [1.165, 1.54) is 30.3 Å². The number of hydrogen-bond acceptors (Lipinski definition) is 4. The van der Waals surface area contributed by atoms with Crippen LogP contribution in [0.5, 0.6) is 0 Å². The first-order valence-electron chi connectivity index (χ1n) is 10.5. The van der Waals surface area contributed by atoms with E-state index in [0.717, 1.165) is 0 Å². The van der Waals surface area contributed by atoms with Gasteiger partial charge in [0.15, 0.2) is 0 Å². The van der Waals surface area contributed by atoms with Gasteiger partial charge in [0.05, 0.1) is 15.5 Å². The van der Waals surface area contributed by atoms with E-state index in [2.05, 4.69) is 15.4 Å². The molecule has 4 aromatic carbocycles. The molecule has 0 heterocycles. The summed E-state index contributed by atoms with van der Waals surface area (Å²) in [5.41, 5.74) is 1.88. The number of para-hydroxylation sites is 1. The van der Waals surface area contributed by atoms with Crippen molar-refractivity contribution in [3.05, 3.63) is 119 Å². The molecule has 0 radical (unpaired) electrons. The van der Waals surface area contributed by atoms with Gasteiger partial charge in [0.1, 0.15) is 0 Å². The van der Waals surface area contributed by atoms with Gasteiger partial charge in [0, 0.05) is 22.6 Å². The number of halogens is 1. The standard InChI is InChI=1S/C26H20ClN3O4S/c27-24-16-15-22(17-23(24)26(32)29-19-9-5-2-6-10-19)35(33,34)30-21-13-11-20(12-14-21)28-25(31)18-7-3-1-4-8-18/h1-17,30H,(H,28,31)(H,29,32). The van der Waals surface area contributed by atoms with E-state index in [1.54, 1.807) is 60.7 Å². The number of nitrogens with one attached hydrogen (secondary N) is 3. The van der Waals surface area contributed by atoms with E-state index in [9.17, 15) is 18.0 Å². The van der Waals surface area contributed by atoms with Gasteiger partial charge in [-0.15, -0.1) is 0 Å². The topological polar surface area (TPSA) is 104 Å². The zero-order chi connectivity index (χ0) is 24.8. The Morgan fingerprint density at radius 3 is 1.83 bits per heavy atom. The Morgan fingerprint density at radius 2 is 1.17 bits per heavy atom. The van der Waals surface area contributed by atoms with Crippen molar-refractivity contribution in [3.63, 3.8) is 0 Å². The average molecular weight is 506 g/mol. The lowest BCUT2D eigenvalue weighted by molar-refractivity contribution is 0.101.